The molecule has 110 valence electrons. The fraction of sp³-hybridized carbons (Fsp3) is 0.933. The molecule has 0 aromatic carbocycles. The quantitative estimate of drug-likeness (QED) is 0.796. The molecule has 19 heavy (non-hydrogen) atoms. The van der Waals surface area contributed by atoms with Crippen LogP contribution in [0.2, 0.25) is 0 Å². The zero-order valence-corrected chi connectivity index (χ0v) is 12.4. The summed E-state index contributed by atoms with van der Waals surface area (Å²) in [6.07, 6.45) is 5.12. The lowest BCUT2D eigenvalue weighted by Crippen LogP contribution is -2.49. The van der Waals surface area contributed by atoms with Gasteiger partial charge in [-0.25, -0.2) is 4.79 Å². The van der Waals surface area contributed by atoms with Crippen LogP contribution in [0.1, 0.15) is 52.9 Å². The van der Waals surface area contributed by atoms with Crippen molar-refractivity contribution in [2.45, 2.75) is 64.6 Å². The molecule has 2 fully saturated rings. The van der Waals surface area contributed by atoms with Crippen LogP contribution in [0, 0.1) is 11.8 Å². The van der Waals surface area contributed by atoms with Gasteiger partial charge in [0.2, 0.25) is 0 Å². The van der Waals surface area contributed by atoms with E-state index in [2.05, 4.69) is 0 Å². The lowest BCUT2D eigenvalue weighted by molar-refractivity contribution is -0.0214. The number of carbonyl (C=O) groups excluding carboxylic acids is 1. The van der Waals surface area contributed by atoms with E-state index in [-0.39, 0.29) is 18.1 Å². The molecule has 0 bridgehead atoms. The molecule has 4 heteroatoms. The number of piperidine rings is 1. The van der Waals surface area contributed by atoms with E-state index in [0.717, 1.165) is 0 Å². The highest BCUT2D eigenvalue weighted by molar-refractivity contribution is 5.68. The van der Waals surface area contributed by atoms with Gasteiger partial charge >= 0.3 is 6.09 Å². The SMILES string of the molecule is CC(C)(C)OC(=O)N1CCC(O)C(C2CCCC2)C1. The van der Waals surface area contributed by atoms with Crippen LogP contribution < -0.4 is 0 Å². The molecule has 0 aromatic rings. The van der Waals surface area contributed by atoms with Crippen molar-refractivity contribution in [2.75, 3.05) is 13.1 Å². The average Bonchev–Trinajstić information content (AvgIpc) is 2.80. The van der Waals surface area contributed by atoms with Crippen LogP contribution in [0.5, 0.6) is 0 Å². The number of ether oxygens (including phenoxy) is 1. The number of aliphatic hydroxyl groups excluding tert-OH is 1. The van der Waals surface area contributed by atoms with Crippen molar-refractivity contribution in [2.24, 2.45) is 11.8 Å². The minimum atomic E-state index is -0.448. The van der Waals surface area contributed by atoms with Gasteiger partial charge in [-0.3, -0.25) is 0 Å². The summed E-state index contributed by atoms with van der Waals surface area (Å²) in [5.74, 6) is 0.823. The van der Waals surface area contributed by atoms with Gasteiger partial charge in [0.05, 0.1) is 6.10 Å². The molecule has 2 unspecified atom stereocenters. The van der Waals surface area contributed by atoms with Crippen LogP contribution in [-0.4, -0.2) is 40.9 Å². The Morgan fingerprint density at radius 1 is 1.21 bits per heavy atom. The first kappa shape index (κ1) is 14.6. The second-order valence-electron chi connectivity index (χ2n) is 6.99. The van der Waals surface area contributed by atoms with Gasteiger partial charge in [-0.05, 0) is 33.1 Å². The monoisotopic (exact) mass is 269 g/mol. The summed E-state index contributed by atoms with van der Waals surface area (Å²) in [4.78, 5) is 13.9. The van der Waals surface area contributed by atoms with E-state index >= 15 is 0 Å². The Morgan fingerprint density at radius 3 is 2.42 bits per heavy atom. The van der Waals surface area contributed by atoms with Gasteiger partial charge in [0.1, 0.15) is 5.60 Å². The fourth-order valence-electron chi connectivity index (χ4n) is 3.31. The molecule has 0 radical (unpaired) electrons. The first-order valence-corrected chi connectivity index (χ1v) is 7.53. The number of hydrogen-bond acceptors (Lipinski definition) is 3. The van der Waals surface area contributed by atoms with Crippen molar-refractivity contribution in [3.05, 3.63) is 0 Å². The Hall–Kier alpha value is -0.770. The molecular formula is C15H27NO3. The Bertz CT molecular complexity index is 318. The van der Waals surface area contributed by atoms with Gasteiger partial charge in [-0.1, -0.05) is 25.7 Å². The van der Waals surface area contributed by atoms with Crippen LogP contribution in [0.15, 0.2) is 0 Å². The zero-order valence-electron chi connectivity index (χ0n) is 12.4. The summed E-state index contributed by atoms with van der Waals surface area (Å²) in [5, 5.41) is 10.2. The molecule has 4 nitrogen and oxygen atoms in total. The van der Waals surface area contributed by atoms with E-state index < -0.39 is 5.60 Å². The van der Waals surface area contributed by atoms with Gasteiger partial charge in [0.15, 0.2) is 0 Å². The molecule has 1 heterocycles. The second kappa shape index (κ2) is 5.70. The Labute approximate surface area is 116 Å². The number of hydrogen-bond donors (Lipinski definition) is 1. The van der Waals surface area contributed by atoms with Gasteiger partial charge in [0.25, 0.3) is 0 Å². The highest BCUT2D eigenvalue weighted by atomic mass is 16.6. The minimum absolute atomic E-state index is 0.234. The molecule has 1 saturated heterocycles. The topological polar surface area (TPSA) is 49.8 Å². The zero-order chi connectivity index (χ0) is 14.0. The Morgan fingerprint density at radius 2 is 1.84 bits per heavy atom. The van der Waals surface area contributed by atoms with Gasteiger partial charge in [-0.2, -0.15) is 0 Å². The van der Waals surface area contributed by atoms with Crippen LogP contribution in [0.4, 0.5) is 4.79 Å². The molecule has 1 aliphatic carbocycles. The summed E-state index contributed by atoms with van der Waals surface area (Å²) < 4.78 is 5.43. The summed E-state index contributed by atoms with van der Waals surface area (Å²) in [6.45, 7) is 6.93. The third-order valence-corrected chi connectivity index (χ3v) is 4.28. The van der Waals surface area contributed by atoms with E-state index in [0.29, 0.717) is 25.4 Å². The first-order chi connectivity index (χ1) is 8.87. The predicted molar refractivity (Wildman–Crippen MR) is 73.9 cm³/mol. The molecule has 2 atom stereocenters. The first-order valence-electron chi connectivity index (χ1n) is 7.53. The predicted octanol–water partition coefficient (Wildman–Crippen LogP) is 2.79. The number of aliphatic hydroxyl groups is 1. The lowest BCUT2D eigenvalue weighted by Gasteiger charge is -2.39. The van der Waals surface area contributed by atoms with Crippen molar-refractivity contribution < 1.29 is 14.6 Å². The second-order valence-corrected chi connectivity index (χ2v) is 6.99. The summed E-state index contributed by atoms with van der Waals surface area (Å²) >= 11 is 0. The van der Waals surface area contributed by atoms with Crippen LogP contribution >= 0.6 is 0 Å². The van der Waals surface area contributed by atoms with Crippen LogP contribution in [0.3, 0.4) is 0 Å². The molecule has 1 saturated carbocycles. The molecule has 2 aliphatic rings. The molecular weight excluding hydrogens is 242 g/mol. The molecule has 1 amide bonds. The fourth-order valence-corrected chi connectivity index (χ4v) is 3.31. The largest absolute Gasteiger partial charge is 0.444 e. The van der Waals surface area contributed by atoms with E-state index in [1.54, 1.807) is 4.90 Å². The Kier molecular flexibility index (Phi) is 4.39. The minimum Gasteiger partial charge on any atom is -0.444 e. The Balaban J connectivity index is 1.94. The lowest BCUT2D eigenvalue weighted by atomic mass is 9.82. The standard InChI is InChI=1S/C15H27NO3/c1-15(2,3)19-14(18)16-9-8-13(17)12(10-16)11-6-4-5-7-11/h11-13,17H,4-10H2,1-3H3. The maximum Gasteiger partial charge on any atom is 0.410 e. The number of amides is 1. The van der Waals surface area contributed by atoms with Crippen molar-refractivity contribution in [1.82, 2.24) is 4.90 Å². The molecule has 0 aromatic heterocycles. The maximum absolute atomic E-state index is 12.1. The average molecular weight is 269 g/mol. The molecule has 1 aliphatic heterocycles. The summed E-state index contributed by atoms with van der Waals surface area (Å²) in [7, 11) is 0. The van der Waals surface area contributed by atoms with Crippen LogP contribution in [0.25, 0.3) is 0 Å². The van der Waals surface area contributed by atoms with Gasteiger partial charge < -0.3 is 14.7 Å². The summed E-state index contributed by atoms with van der Waals surface area (Å²) in [5.41, 5.74) is -0.448. The van der Waals surface area contributed by atoms with E-state index in [1.165, 1.54) is 25.7 Å². The third-order valence-electron chi connectivity index (χ3n) is 4.28. The third kappa shape index (κ3) is 3.85. The van der Waals surface area contributed by atoms with Gasteiger partial charge in [0, 0.05) is 19.0 Å². The number of carbonyl (C=O) groups is 1. The van der Waals surface area contributed by atoms with E-state index in [4.69, 9.17) is 4.74 Å². The number of nitrogens with zero attached hydrogens (tertiary/aromatic N) is 1. The van der Waals surface area contributed by atoms with Crippen molar-refractivity contribution >= 4 is 6.09 Å². The van der Waals surface area contributed by atoms with Crippen LogP contribution in [-0.2, 0) is 4.74 Å². The molecule has 1 N–H and O–H groups in total. The van der Waals surface area contributed by atoms with E-state index in [9.17, 15) is 9.90 Å². The van der Waals surface area contributed by atoms with Crippen molar-refractivity contribution in [3.8, 4) is 0 Å². The summed E-state index contributed by atoms with van der Waals surface area (Å²) in [6, 6.07) is 0. The number of likely N-dealkylation sites (tertiary alicyclic amines) is 1. The number of rotatable bonds is 1. The molecule has 0 spiro atoms. The van der Waals surface area contributed by atoms with Gasteiger partial charge in [-0.15, -0.1) is 0 Å². The highest BCUT2D eigenvalue weighted by Gasteiger charge is 2.37. The smallest absolute Gasteiger partial charge is 0.410 e. The van der Waals surface area contributed by atoms with Crippen molar-refractivity contribution in [3.63, 3.8) is 0 Å². The highest BCUT2D eigenvalue weighted by Crippen LogP contribution is 2.36. The molecule has 2 rings (SSSR count). The maximum atomic E-state index is 12.1. The normalized spacial score (nSPS) is 29.6. The van der Waals surface area contributed by atoms with E-state index in [1.807, 2.05) is 20.8 Å². The van der Waals surface area contributed by atoms with Crippen molar-refractivity contribution in [1.29, 1.82) is 0 Å².